The summed E-state index contributed by atoms with van der Waals surface area (Å²) in [6.45, 7) is 0.530. The molecule has 0 bridgehead atoms. The van der Waals surface area contributed by atoms with E-state index in [9.17, 15) is 5.11 Å². The zero-order chi connectivity index (χ0) is 15.5. The van der Waals surface area contributed by atoms with Gasteiger partial charge >= 0.3 is 0 Å². The third-order valence-corrected chi connectivity index (χ3v) is 4.53. The Kier molecular flexibility index (Phi) is 4.67. The predicted octanol–water partition coefficient (Wildman–Crippen LogP) is 3.10. The van der Waals surface area contributed by atoms with Gasteiger partial charge in [-0.15, -0.1) is 0 Å². The molecule has 2 aromatic rings. The molecule has 22 heavy (non-hydrogen) atoms. The molecule has 3 rings (SSSR count). The molecule has 1 aliphatic carbocycles. The molecule has 4 N–H and O–H groups in total. The lowest BCUT2D eigenvalue weighted by Crippen LogP contribution is -2.37. The van der Waals surface area contributed by atoms with Crippen LogP contribution in [0.3, 0.4) is 0 Å². The highest BCUT2D eigenvalue weighted by Crippen LogP contribution is 2.24. The van der Waals surface area contributed by atoms with Gasteiger partial charge in [0.15, 0.2) is 0 Å². The number of aryl methyl sites for hydroxylation is 1. The van der Waals surface area contributed by atoms with Crippen LogP contribution in [0, 0.1) is 0 Å². The van der Waals surface area contributed by atoms with E-state index in [1.54, 1.807) is 0 Å². The Labute approximate surface area is 136 Å². The van der Waals surface area contributed by atoms with Crippen molar-refractivity contribution in [3.8, 4) is 0 Å². The van der Waals surface area contributed by atoms with Gasteiger partial charge in [-0.1, -0.05) is 29.8 Å². The predicted molar refractivity (Wildman–Crippen MR) is 91.1 cm³/mol. The lowest BCUT2D eigenvalue weighted by atomic mass is 9.88. The van der Waals surface area contributed by atoms with Crippen molar-refractivity contribution in [2.45, 2.75) is 31.4 Å². The standard InChI is InChI=1S/C18H21ClN2O/c19-15-3-1-2-13(8-15)18(22)11-21-17-7-5-12-4-6-16(20)9-14(12)10-17/h1-4,6,8-9,17-18,21-22H,5,7,10-11,20H2/t17-,18-/m0/s1. The highest BCUT2D eigenvalue weighted by Gasteiger charge is 2.19. The number of halogens is 1. The molecule has 0 radical (unpaired) electrons. The molecular formula is C18H21ClN2O. The van der Waals surface area contributed by atoms with E-state index >= 15 is 0 Å². The van der Waals surface area contributed by atoms with Crippen molar-refractivity contribution in [3.63, 3.8) is 0 Å². The Morgan fingerprint density at radius 2 is 2.09 bits per heavy atom. The third kappa shape index (κ3) is 3.61. The number of hydrogen-bond donors (Lipinski definition) is 3. The van der Waals surface area contributed by atoms with Crippen LogP contribution in [0.2, 0.25) is 5.02 Å². The number of anilines is 1. The van der Waals surface area contributed by atoms with Gasteiger partial charge in [-0.05, 0) is 60.2 Å². The second kappa shape index (κ2) is 6.69. The molecule has 0 aromatic heterocycles. The first-order chi connectivity index (χ1) is 10.6. The largest absolute Gasteiger partial charge is 0.399 e. The van der Waals surface area contributed by atoms with E-state index in [1.165, 1.54) is 11.1 Å². The summed E-state index contributed by atoms with van der Waals surface area (Å²) in [6, 6.07) is 13.9. The number of benzene rings is 2. The van der Waals surface area contributed by atoms with Crippen LogP contribution in [-0.2, 0) is 12.8 Å². The average Bonchev–Trinajstić information content (AvgIpc) is 2.52. The number of fused-ring (bicyclic) bond motifs is 1. The number of nitrogens with two attached hydrogens (primary N) is 1. The molecule has 0 amide bonds. The van der Waals surface area contributed by atoms with Crippen LogP contribution in [0.5, 0.6) is 0 Å². The van der Waals surface area contributed by atoms with Gasteiger partial charge < -0.3 is 16.2 Å². The van der Waals surface area contributed by atoms with Gasteiger partial charge in [-0.3, -0.25) is 0 Å². The first-order valence-corrected chi connectivity index (χ1v) is 8.04. The fourth-order valence-electron chi connectivity index (χ4n) is 3.06. The molecule has 2 atom stereocenters. The Balaban J connectivity index is 1.58. The molecule has 2 aromatic carbocycles. The molecule has 0 fully saturated rings. The lowest BCUT2D eigenvalue weighted by Gasteiger charge is -2.27. The maximum Gasteiger partial charge on any atom is 0.0914 e. The van der Waals surface area contributed by atoms with Gasteiger partial charge in [-0.25, -0.2) is 0 Å². The van der Waals surface area contributed by atoms with Crippen molar-refractivity contribution in [1.82, 2.24) is 5.32 Å². The van der Waals surface area contributed by atoms with E-state index < -0.39 is 6.10 Å². The van der Waals surface area contributed by atoms with Crippen molar-refractivity contribution >= 4 is 17.3 Å². The zero-order valence-electron chi connectivity index (χ0n) is 12.4. The summed E-state index contributed by atoms with van der Waals surface area (Å²) < 4.78 is 0. The third-order valence-electron chi connectivity index (χ3n) is 4.29. The Morgan fingerprint density at radius 1 is 1.23 bits per heavy atom. The maximum atomic E-state index is 10.3. The summed E-state index contributed by atoms with van der Waals surface area (Å²) in [5.74, 6) is 0. The van der Waals surface area contributed by atoms with E-state index in [0.717, 1.165) is 30.5 Å². The highest BCUT2D eigenvalue weighted by molar-refractivity contribution is 6.30. The molecule has 1 aliphatic rings. The number of nitrogen functional groups attached to an aromatic ring is 1. The number of aliphatic hydroxyl groups excluding tert-OH is 1. The second-order valence-electron chi connectivity index (χ2n) is 5.95. The van der Waals surface area contributed by atoms with Crippen LogP contribution >= 0.6 is 11.6 Å². The molecular weight excluding hydrogens is 296 g/mol. The lowest BCUT2D eigenvalue weighted by molar-refractivity contribution is 0.168. The highest BCUT2D eigenvalue weighted by atomic mass is 35.5. The summed E-state index contributed by atoms with van der Waals surface area (Å²) in [4.78, 5) is 0. The van der Waals surface area contributed by atoms with Crippen LogP contribution in [0.15, 0.2) is 42.5 Å². The minimum atomic E-state index is -0.541. The van der Waals surface area contributed by atoms with Crippen LogP contribution in [0.1, 0.15) is 29.2 Å². The first-order valence-electron chi connectivity index (χ1n) is 7.66. The van der Waals surface area contributed by atoms with Crippen molar-refractivity contribution in [3.05, 3.63) is 64.2 Å². The van der Waals surface area contributed by atoms with Crippen molar-refractivity contribution in [1.29, 1.82) is 0 Å². The van der Waals surface area contributed by atoms with Crippen LogP contribution in [0.25, 0.3) is 0 Å². The Morgan fingerprint density at radius 3 is 2.91 bits per heavy atom. The summed E-state index contributed by atoms with van der Waals surface area (Å²) >= 11 is 5.97. The maximum absolute atomic E-state index is 10.3. The average molecular weight is 317 g/mol. The van der Waals surface area contributed by atoms with E-state index in [-0.39, 0.29) is 0 Å². The SMILES string of the molecule is Nc1ccc2c(c1)C[C@@H](NC[C@H](O)c1cccc(Cl)c1)CC2. The molecule has 0 aliphatic heterocycles. The Bertz CT molecular complexity index is 659. The number of nitrogens with one attached hydrogen (secondary N) is 1. The zero-order valence-corrected chi connectivity index (χ0v) is 13.2. The van der Waals surface area contributed by atoms with Gasteiger partial charge in [0.25, 0.3) is 0 Å². The first kappa shape index (κ1) is 15.3. The minimum absolute atomic E-state index is 0.378. The second-order valence-corrected chi connectivity index (χ2v) is 6.38. The van der Waals surface area contributed by atoms with Crippen molar-refractivity contribution in [2.75, 3.05) is 12.3 Å². The molecule has 0 saturated heterocycles. The molecule has 0 spiro atoms. The topological polar surface area (TPSA) is 58.3 Å². The fraction of sp³-hybridized carbons (Fsp3) is 0.333. The molecule has 4 heteroatoms. The minimum Gasteiger partial charge on any atom is -0.399 e. The van der Waals surface area contributed by atoms with Crippen LogP contribution in [-0.4, -0.2) is 17.7 Å². The fourth-order valence-corrected chi connectivity index (χ4v) is 3.26. The van der Waals surface area contributed by atoms with E-state index in [1.807, 2.05) is 30.3 Å². The van der Waals surface area contributed by atoms with Gasteiger partial charge in [0, 0.05) is 23.3 Å². The molecule has 0 saturated carbocycles. The van der Waals surface area contributed by atoms with E-state index in [0.29, 0.717) is 17.6 Å². The van der Waals surface area contributed by atoms with E-state index in [2.05, 4.69) is 17.4 Å². The normalized spacial score (nSPS) is 18.7. The van der Waals surface area contributed by atoms with Crippen molar-refractivity contribution < 1.29 is 5.11 Å². The van der Waals surface area contributed by atoms with E-state index in [4.69, 9.17) is 17.3 Å². The molecule has 3 nitrogen and oxygen atoms in total. The molecule has 0 unspecified atom stereocenters. The van der Waals surface area contributed by atoms with Crippen LogP contribution < -0.4 is 11.1 Å². The summed E-state index contributed by atoms with van der Waals surface area (Å²) in [6.07, 6.45) is 2.56. The number of aliphatic hydroxyl groups is 1. The summed E-state index contributed by atoms with van der Waals surface area (Å²) in [5, 5.41) is 14.4. The smallest absolute Gasteiger partial charge is 0.0914 e. The van der Waals surface area contributed by atoms with Gasteiger partial charge in [0.2, 0.25) is 0 Å². The quantitative estimate of drug-likeness (QED) is 0.760. The summed E-state index contributed by atoms with van der Waals surface area (Å²) in [7, 11) is 0. The number of rotatable bonds is 4. The van der Waals surface area contributed by atoms with Gasteiger partial charge in [-0.2, -0.15) is 0 Å². The van der Waals surface area contributed by atoms with Gasteiger partial charge in [0.05, 0.1) is 6.10 Å². The molecule has 0 heterocycles. The number of hydrogen-bond acceptors (Lipinski definition) is 3. The van der Waals surface area contributed by atoms with Crippen LogP contribution in [0.4, 0.5) is 5.69 Å². The van der Waals surface area contributed by atoms with Crippen molar-refractivity contribution in [2.24, 2.45) is 0 Å². The molecule has 116 valence electrons. The monoisotopic (exact) mass is 316 g/mol. The Hall–Kier alpha value is -1.55. The summed E-state index contributed by atoms with van der Waals surface area (Å²) in [5.41, 5.74) is 10.2. The van der Waals surface area contributed by atoms with Gasteiger partial charge in [0.1, 0.15) is 0 Å².